The highest BCUT2D eigenvalue weighted by Gasteiger charge is 2.19. The Hall–Kier alpha value is -1.16. The summed E-state index contributed by atoms with van der Waals surface area (Å²) in [6.07, 6.45) is 0. The van der Waals surface area contributed by atoms with Gasteiger partial charge in [0.25, 0.3) is 15.8 Å². The lowest BCUT2D eigenvalue weighted by molar-refractivity contribution is -0.385. The third kappa shape index (κ3) is 4.78. The molecule has 0 fully saturated rings. The van der Waals surface area contributed by atoms with Gasteiger partial charge in [-0.15, -0.1) is 0 Å². The molecule has 0 aliphatic heterocycles. The lowest BCUT2D eigenvalue weighted by Gasteiger charge is -2.06. The minimum absolute atomic E-state index is 0.0938. The first kappa shape index (κ1) is 15.9. The predicted molar refractivity (Wildman–Crippen MR) is 70.1 cm³/mol. The normalized spacial score (nSPS) is 11.3. The van der Waals surface area contributed by atoms with Crippen LogP contribution in [0.2, 0.25) is 5.02 Å². The number of hydrogen-bond donors (Lipinski definition) is 1. The average molecular weight is 326 g/mol. The highest BCUT2D eigenvalue weighted by Crippen LogP contribution is 2.33. The summed E-state index contributed by atoms with van der Waals surface area (Å²) in [6.45, 7) is 1.54. The first-order valence-electron chi connectivity index (χ1n) is 4.70. The van der Waals surface area contributed by atoms with Crippen LogP contribution in [-0.4, -0.2) is 28.8 Å². The number of halogens is 1. The number of non-ortho nitro benzene ring substituents is 1. The Kier molecular flexibility index (Phi) is 4.91. The van der Waals surface area contributed by atoms with E-state index in [9.17, 15) is 23.3 Å². The highest BCUT2D eigenvalue weighted by molar-refractivity contribution is 8.15. The summed E-state index contributed by atoms with van der Waals surface area (Å²) in [5.74, 6) is -1.07. The molecule has 0 heterocycles. The van der Waals surface area contributed by atoms with Gasteiger partial charge in [-0.3, -0.25) is 19.5 Å². The number of rotatable bonds is 4. The van der Waals surface area contributed by atoms with Crippen LogP contribution in [0.5, 0.6) is 0 Å². The molecule has 0 aliphatic rings. The van der Waals surface area contributed by atoms with Crippen LogP contribution < -0.4 is 0 Å². The average Bonchev–Trinajstić information content (AvgIpc) is 2.21. The maximum atomic E-state index is 11.4. The smallest absolute Gasteiger partial charge is 0.272 e. The topological polar surface area (TPSA) is 115 Å². The SMILES string of the molecule is Cc1c(Cl)cc([N+](=O)[O-])cc1SC(=O)CS(=O)(=O)O. The molecule has 0 amide bonds. The maximum Gasteiger partial charge on any atom is 0.272 e. The standard InChI is InChI=1S/C9H8ClNO6S2/c1-5-7(10)2-6(11(13)14)3-8(5)18-9(12)4-19(15,16)17/h2-3H,4H2,1H3,(H,15,16,17). The fourth-order valence-corrected chi connectivity index (χ4v) is 3.09. The van der Waals surface area contributed by atoms with E-state index < -0.39 is 25.9 Å². The van der Waals surface area contributed by atoms with Gasteiger partial charge in [0.15, 0.2) is 0 Å². The number of nitro benzene ring substituents is 1. The Morgan fingerprint density at radius 1 is 1.53 bits per heavy atom. The minimum Gasteiger partial charge on any atom is -0.286 e. The lowest BCUT2D eigenvalue weighted by Crippen LogP contribution is -2.11. The number of benzene rings is 1. The monoisotopic (exact) mass is 325 g/mol. The van der Waals surface area contributed by atoms with Crippen molar-refractivity contribution in [2.24, 2.45) is 0 Å². The zero-order chi connectivity index (χ0) is 14.8. The summed E-state index contributed by atoms with van der Waals surface area (Å²) in [5.41, 5.74) is 0.110. The molecule has 104 valence electrons. The molecule has 0 aromatic heterocycles. The summed E-state index contributed by atoms with van der Waals surface area (Å²) in [4.78, 5) is 21.5. The minimum atomic E-state index is -4.43. The van der Waals surface area contributed by atoms with Gasteiger partial charge in [-0.25, -0.2) is 0 Å². The Bertz CT molecular complexity index is 642. The van der Waals surface area contributed by atoms with Crippen molar-refractivity contribution in [3.05, 3.63) is 32.8 Å². The van der Waals surface area contributed by atoms with E-state index in [0.29, 0.717) is 17.3 Å². The summed E-state index contributed by atoms with van der Waals surface area (Å²) < 4.78 is 29.6. The zero-order valence-corrected chi connectivity index (χ0v) is 11.9. The Morgan fingerprint density at radius 2 is 2.11 bits per heavy atom. The fourth-order valence-electron chi connectivity index (χ4n) is 1.15. The molecule has 0 saturated carbocycles. The second kappa shape index (κ2) is 5.87. The van der Waals surface area contributed by atoms with Gasteiger partial charge in [0.2, 0.25) is 5.12 Å². The first-order valence-corrected chi connectivity index (χ1v) is 7.51. The second-order valence-corrected chi connectivity index (χ2v) is 6.47. The van der Waals surface area contributed by atoms with Crippen LogP contribution in [-0.2, 0) is 14.9 Å². The van der Waals surface area contributed by atoms with Crippen LogP contribution in [0, 0.1) is 17.0 Å². The molecule has 7 nitrogen and oxygen atoms in total. The van der Waals surface area contributed by atoms with Gasteiger partial charge in [0.1, 0.15) is 5.75 Å². The first-order chi connectivity index (χ1) is 8.60. The molecule has 19 heavy (non-hydrogen) atoms. The number of nitrogens with zero attached hydrogens (tertiary/aromatic N) is 1. The molecule has 0 saturated heterocycles. The Morgan fingerprint density at radius 3 is 2.58 bits per heavy atom. The van der Waals surface area contributed by atoms with Crippen molar-refractivity contribution in [1.29, 1.82) is 0 Å². The molecule has 0 radical (unpaired) electrons. The highest BCUT2D eigenvalue weighted by atomic mass is 35.5. The van der Waals surface area contributed by atoms with Crippen molar-refractivity contribution >= 4 is 44.3 Å². The van der Waals surface area contributed by atoms with Gasteiger partial charge in [0, 0.05) is 17.0 Å². The van der Waals surface area contributed by atoms with Crippen LogP contribution in [0.15, 0.2) is 17.0 Å². The summed E-state index contributed by atoms with van der Waals surface area (Å²) in [7, 11) is -4.43. The third-order valence-electron chi connectivity index (χ3n) is 2.02. The van der Waals surface area contributed by atoms with Crippen molar-refractivity contribution in [2.45, 2.75) is 11.8 Å². The van der Waals surface area contributed by atoms with Crippen molar-refractivity contribution < 1.29 is 22.7 Å². The van der Waals surface area contributed by atoms with Gasteiger partial charge >= 0.3 is 0 Å². The van der Waals surface area contributed by atoms with Gasteiger partial charge in [-0.2, -0.15) is 8.42 Å². The summed E-state index contributed by atoms with van der Waals surface area (Å²) in [5, 5.41) is 9.88. The van der Waals surface area contributed by atoms with E-state index in [4.69, 9.17) is 16.2 Å². The lowest BCUT2D eigenvalue weighted by atomic mass is 10.2. The fraction of sp³-hybridized carbons (Fsp3) is 0.222. The predicted octanol–water partition coefficient (Wildman–Crippen LogP) is 2.06. The van der Waals surface area contributed by atoms with Gasteiger partial charge in [-0.05, 0) is 12.5 Å². The number of nitro groups is 1. The van der Waals surface area contributed by atoms with Crippen molar-refractivity contribution in [3.63, 3.8) is 0 Å². The van der Waals surface area contributed by atoms with E-state index in [1.165, 1.54) is 6.92 Å². The number of carbonyl (C=O) groups excluding carboxylic acids is 1. The van der Waals surface area contributed by atoms with E-state index in [1.807, 2.05) is 0 Å². The van der Waals surface area contributed by atoms with E-state index >= 15 is 0 Å². The summed E-state index contributed by atoms with van der Waals surface area (Å²) >= 11 is 6.26. The van der Waals surface area contributed by atoms with Crippen LogP contribution in [0.4, 0.5) is 5.69 Å². The van der Waals surface area contributed by atoms with Crippen LogP contribution in [0.25, 0.3) is 0 Å². The van der Waals surface area contributed by atoms with E-state index in [-0.39, 0.29) is 15.6 Å². The molecule has 0 unspecified atom stereocenters. The quantitative estimate of drug-likeness (QED) is 0.390. The number of carbonyl (C=O) groups is 1. The number of thioether (sulfide) groups is 1. The van der Waals surface area contributed by atoms with Gasteiger partial charge in [0.05, 0.1) is 9.95 Å². The number of hydrogen-bond acceptors (Lipinski definition) is 6. The van der Waals surface area contributed by atoms with E-state index in [2.05, 4.69) is 0 Å². The van der Waals surface area contributed by atoms with Crippen LogP contribution in [0.3, 0.4) is 0 Å². The molecule has 0 atom stereocenters. The molecule has 1 aromatic rings. The molecule has 1 N–H and O–H groups in total. The molecule has 0 spiro atoms. The molecular weight excluding hydrogens is 318 g/mol. The van der Waals surface area contributed by atoms with Crippen LogP contribution in [0.1, 0.15) is 5.56 Å². The zero-order valence-electron chi connectivity index (χ0n) is 9.49. The van der Waals surface area contributed by atoms with Gasteiger partial charge in [-0.1, -0.05) is 23.4 Å². The van der Waals surface area contributed by atoms with Crippen molar-refractivity contribution in [1.82, 2.24) is 0 Å². The van der Waals surface area contributed by atoms with Crippen LogP contribution >= 0.6 is 23.4 Å². The van der Waals surface area contributed by atoms with E-state index in [0.717, 1.165) is 12.1 Å². The largest absolute Gasteiger partial charge is 0.286 e. The molecule has 1 aromatic carbocycles. The Balaban J connectivity index is 3.07. The van der Waals surface area contributed by atoms with Crippen molar-refractivity contribution in [2.75, 3.05) is 5.75 Å². The summed E-state index contributed by atoms with van der Waals surface area (Å²) in [6, 6.07) is 2.25. The molecular formula is C9H8ClNO6S2. The third-order valence-corrected chi connectivity index (χ3v) is 4.23. The molecule has 1 rings (SSSR count). The van der Waals surface area contributed by atoms with Gasteiger partial charge < -0.3 is 0 Å². The Labute approximate surface area is 117 Å². The van der Waals surface area contributed by atoms with E-state index in [1.54, 1.807) is 0 Å². The second-order valence-electron chi connectivity index (χ2n) is 3.51. The molecule has 10 heteroatoms. The molecule has 0 aliphatic carbocycles. The van der Waals surface area contributed by atoms with Crippen molar-refractivity contribution in [3.8, 4) is 0 Å². The maximum absolute atomic E-state index is 11.4. The molecule has 0 bridgehead atoms.